The first-order chi connectivity index (χ1) is 14.5. The van der Waals surface area contributed by atoms with Crippen molar-refractivity contribution in [2.24, 2.45) is 5.92 Å². The van der Waals surface area contributed by atoms with Crippen LogP contribution in [0.15, 0.2) is 54.6 Å². The third-order valence-electron chi connectivity index (χ3n) is 4.55. The summed E-state index contributed by atoms with van der Waals surface area (Å²) in [6, 6.07) is 15.2. The van der Waals surface area contributed by atoms with Crippen molar-refractivity contribution in [2.75, 3.05) is 30.0 Å². The Bertz CT molecular complexity index is 926. The summed E-state index contributed by atoms with van der Waals surface area (Å²) in [5.41, 5.74) is 1.55. The first-order valence-electron chi connectivity index (χ1n) is 9.57. The first-order valence-corrected chi connectivity index (χ1v) is 9.57. The van der Waals surface area contributed by atoms with Crippen LogP contribution in [-0.4, -0.2) is 43.5 Å². The molecule has 2 amide bonds. The van der Waals surface area contributed by atoms with Crippen LogP contribution in [0.5, 0.6) is 0 Å². The number of nitrogens with one attached hydrogen (secondary N) is 1. The molecule has 1 aliphatic heterocycles. The summed E-state index contributed by atoms with van der Waals surface area (Å²) in [5.74, 6) is -2.32. The molecule has 0 saturated carbocycles. The monoisotopic (exact) mass is 410 g/mol. The van der Waals surface area contributed by atoms with E-state index >= 15 is 0 Å². The van der Waals surface area contributed by atoms with Crippen LogP contribution in [0.3, 0.4) is 0 Å². The maximum atomic E-state index is 12.3. The molecule has 2 aromatic carbocycles. The van der Waals surface area contributed by atoms with Crippen molar-refractivity contribution in [3.63, 3.8) is 0 Å². The van der Waals surface area contributed by atoms with Gasteiger partial charge in [0.25, 0.3) is 5.91 Å². The number of amides is 2. The molecule has 1 heterocycles. The Kier molecular flexibility index (Phi) is 6.79. The van der Waals surface area contributed by atoms with Crippen LogP contribution in [0.1, 0.15) is 23.7 Å². The molecule has 8 heteroatoms. The summed E-state index contributed by atoms with van der Waals surface area (Å²) >= 11 is 0. The Morgan fingerprint density at radius 1 is 1.03 bits per heavy atom. The fraction of sp³-hybridized carbons (Fsp3) is 0.273. The van der Waals surface area contributed by atoms with Gasteiger partial charge < -0.3 is 19.7 Å². The molecule has 0 radical (unpaired) electrons. The zero-order valence-corrected chi connectivity index (χ0v) is 16.5. The second-order valence-corrected chi connectivity index (χ2v) is 6.69. The number of nitrogens with zero attached hydrogens (tertiary/aromatic N) is 1. The normalized spacial score (nSPS) is 15.6. The van der Waals surface area contributed by atoms with Crippen molar-refractivity contribution in [3.8, 4) is 0 Å². The summed E-state index contributed by atoms with van der Waals surface area (Å²) in [5, 5.41) is 2.58. The minimum absolute atomic E-state index is 0.0463. The van der Waals surface area contributed by atoms with E-state index in [0.29, 0.717) is 11.3 Å². The van der Waals surface area contributed by atoms with E-state index in [2.05, 4.69) is 5.32 Å². The molecule has 2 aromatic rings. The molecular weight excluding hydrogens is 388 g/mol. The molecule has 8 nitrogen and oxygen atoms in total. The molecule has 1 fully saturated rings. The van der Waals surface area contributed by atoms with E-state index in [9.17, 15) is 19.2 Å². The minimum atomic E-state index is -0.616. The second-order valence-electron chi connectivity index (χ2n) is 6.69. The number of anilines is 2. The van der Waals surface area contributed by atoms with E-state index in [-0.39, 0.29) is 25.5 Å². The number of esters is 2. The average molecular weight is 410 g/mol. The maximum Gasteiger partial charge on any atom is 0.338 e. The van der Waals surface area contributed by atoms with Crippen LogP contribution in [0.2, 0.25) is 0 Å². The molecule has 1 saturated heterocycles. The van der Waals surface area contributed by atoms with E-state index in [4.69, 9.17) is 9.47 Å². The van der Waals surface area contributed by atoms with Crippen LogP contribution >= 0.6 is 0 Å². The van der Waals surface area contributed by atoms with Crippen molar-refractivity contribution < 1.29 is 28.7 Å². The molecule has 0 spiro atoms. The molecule has 1 aliphatic rings. The van der Waals surface area contributed by atoms with Gasteiger partial charge in [-0.2, -0.15) is 0 Å². The number of para-hydroxylation sites is 1. The Morgan fingerprint density at radius 2 is 1.73 bits per heavy atom. The van der Waals surface area contributed by atoms with Crippen LogP contribution in [0, 0.1) is 5.92 Å². The van der Waals surface area contributed by atoms with Crippen molar-refractivity contribution in [2.45, 2.75) is 13.3 Å². The van der Waals surface area contributed by atoms with E-state index in [1.54, 1.807) is 31.2 Å². The predicted molar refractivity (Wildman–Crippen MR) is 109 cm³/mol. The van der Waals surface area contributed by atoms with Crippen LogP contribution in [0.4, 0.5) is 11.4 Å². The Labute approximate surface area is 173 Å². The number of carbonyl (C=O) groups is 4. The maximum absolute atomic E-state index is 12.3. The van der Waals surface area contributed by atoms with Gasteiger partial charge in [0.2, 0.25) is 5.91 Å². The molecule has 0 aliphatic carbocycles. The van der Waals surface area contributed by atoms with Crippen molar-refractivity contribution in [1.82, 2.24) is 0 Å². The second kappa shape index (κ2) is 9.69. The number of benzene rings is 2. The summed E-state index contributed by atoms with van der Waals surface area (Å²) in [4.78, 5) is 49.7. The molecule has 156 valence electrons. The van der Waals surface area contributed by atoms with Gasteiger partial charge in [-0.05, 0) is 43.3 Å². The third-order valence-corrected chi connectivity index (χ3v) is 4.55. The standard InChI is InChI=1S/C22H22N2O6/c1-2-29-21(27)15-8-10-17(11-9-15)23-19(25)14-30-22(28)16-12-20(26)24(13-16)18-6-4-3-5-7-18/h3-11,16H,2,12-14H2,1H3,(H,23,25)/t16-/m0/s1. The SMILES string of the molecule is CCOC(=O)c1ccc(NC(=O)COC(=O)[C@H]2CC(=O)N(c3ccccc3)C2)cc1. The Balaban J connectivity index is 1.47. The van der Waals surface area contributed by atoms with E-state index in [0.717, 1.165) is 5.69 Å². The number of hydrogen-bond acceptors (Lipinski definition) is 6. The van der Waals surface area contributed by atoms with Gasteiger partial charge in [-0.3, -0.25) is 14.4 Å². The third kappa shape index (κ3) is 5.22. The minimum Gasteiger partial charge on any atom is -0.462 e. The lowest BCUT2D eigenvalue weighted by atomic mass is 10.1. The highest BCUT2D eigenvalue weighted by Gasteiger charge is 2.36. The molecule has 0 aromatic heterocycles. The van der Waals surface area contributed by atoms with Gasteiger partial charge >= 0.3 is 11.9 Å². The lowest BCUT2D eigenvalue weighted by Crippen LogP contribution is -2.28. The Hall–Kier alpha value is -3.68. The highest BCUT2D eigenvalue weighted by molar-refractivity contribution is 6.00. The van der Waals surface area contributed by atoms with Gasteiger partial charge in [-0.25, -0.2) is 4.79 Å². The molecule has 1 atom stereocenters. The van der Waals surface area contributed by atoms with Crippen molar-refractivity contribution in [1.29, 1.82) is 0 Å². The van der Waals surface area contributed by atoms with Crippen molar-refractivity contribution >= 4 is 35.1 Å². The van der Waals surface area contributed by atoms with Crippen LogP contribution in [0.25, 0.3) is 0 Å². The lowest BCUT2D eigenvalue weighted by Gasteiger charge is -2.16. The summed E-state index contributed by atoms with van der Waals surface area (Å²) in [6.07, 6.45) is 0.0463. The van der Waals surface area contributed by atoms with Crippen LogP contribution in [-0.2, 0) is 23.9 Å². The largest absolute Gasteiger partial charge is 0.462 e. The van der Waals surface area contributed by atoms with Gasteiger partial charge in [0.15, 0.2) is 6.61 Å². The zero-order valence-electron chi connectivity index (χ0n) is 16.5. The molecular formula is C22H22N2O6. The molecule has 30 heavy (non-hydrogen) atoms. The number of rotatable bonds is 7. The highest BCUT2D eigenvalue weighted by atomic mass is 16.5. The number of carbonyl (C=O) groups excluding carboxylic acids is 4. The van der Waals surface area contributed by atoms with Gasteiger partial charge in [-0.15, -0.1) is 0 Å². The molecule has 3 rings (SSSR count). The smallest absolute Gasteiger partial charge is 0.338 e. The number of ether oxygens (including phenoxy) is 2. The summed E-state index contributed by atoms with van der Waals surface area (Å²) in [6.45, 7) is 1.75. The molecule has 0 unspecified atom stereocenters. The fourth-order valence-corrected chi connectivity index (χ4v) is 3.08. The van der Waals surface area contributed by atoms with Crippen molar-refractivity contribution in [3.05, 3.63) is 60.2 Å². The van der Waals surface area contributed by atoms with Crippen LogP contribution < -0.4 is 10.2 Å². The summed E-state index contributed by atoms with van der Waals surface area (Å²) in [7, 11) is 0. The highest BCUT2D eigenvalue weighted by Crippen LogP contribution is 2.25. The first kappa shape index (κ1) is 21.0. The van der Waals surface area contributed by atoms with E-state index in [1.165, 1.54) is 17.0 Å². The lowest BCUT2D eigenvalue weighted by molar-refractivity contribution is -0.151. The summed E-state index contributed by atoms with van der Waals surface area (Å²) < 4.78 is 9.98. The Morgan fingerprint density at radius 3 is 2.40 bits per heavy atom. The fourth-order valence-electron chi connectivity index (χ4n) is 3.08. The van der Waals surface area contributed by atoms with Gasteiger partial charge in [0.1, 0.15) is 0 Å². The van der Waals surface area contributed by atoms with Gasteiger partial charge in [0, 0.05) is 24.3 Å². The van der Waals surface area contributed by atoms with Gasteiger partial charge in [0.05, 0.1) is 18.1 Å². The van der Waals surface area contributed by atoms with Gasteiger partial charge in [-0.1, -0.05) is 18.2 Å². The molecule has 0 bridgehead atoms. The predicted octanol–water partition coefficient (Wildman–Crippen LogP) is 2.40. The topological polar surface area (TPSA) is 102 Å². The quantitative estimate of drug-likeness (QED) is 0.704. The van der Waals surface area contributed by atoms with E-state index in [1.807, 2.05) is 18.2 Å². The number of hydrogen-bond donors (Lipinski definition) is 1. The zero-order chi connectivity index (χ0) is 21.5. The molecule has 1 N–H and O–H groups in total. The average Bonchev–Trinajstić information content (AvgIpc) is 3.15. The van der Waals surface area contributed by atoms with E-state index < -0.39 is 30.4 Å².